The molecule has 1 aromatic heterocycles. The second-order valence-electron chi connectivity index (χ2n) is 3.01. The van der Waals surface area contributed by atoms with Gasteiger partial charge in [-0.15, -0.1) is 0 Å². The molecular weight excluding hydrogens is 211 g/mol. The van der Waals surface area contributed by atoms with E-state index in [0.29, 0.717) is 12.3 Å². The SMILES string of the molecule is COc1cncc(CNC(=O)/C=C/CF)c1. The third-order valence-electron chi connectivity index (χ3n) is 1.83. The molecule has 16 heavy (non-hydrogen) atoms. The molecule has 0 saturated carbocycles. The van der Waals surface area contributed by atoms with Gasteiger partial charge in [0.05, 0.1) is 13.3 Å². The summed E-state index contributed by atoms with van der Waals surface area (Å²) < 4.78 is 16.7. The number of carbonyl (C=O) groups excluding carboxylic acids is 1. The Morgan fingerprint density at radius 2 is 2.44 bits per heavy atom. The van der Waals surface area contributed by atoms with Crippen LogP contribution >= 0.6 is 0 Å². The van der Waals surface area contributed by atoms with Crippen molar-refractivity contribution in [1.29, 1.82) is 0 Å². The van der Waals surface area contributed by atoms with Crippen molar-refractivity contribution in [3.63, 3.8) is 0 Å². The van der Waals surface area contributed by atoms with Crippen LogP contribution in [0.15, 0.2) is 30.6 Å². The molecule has 1 aromatic rings. The van der Waals surface area contributed by atoms with Crippen molar-refractivity contribution in [3.05, 3.63) is 36.2 Å². The van der Waals surface area contributed by atoms with Crippen LogP contribution in [0.2, 0.25) is 0 Å². The fourth-order valence-electron chi connectivity index (χ4n) is 1.07. The molecule has 0 radical (unpaired) electrons. The summed E-state index contributed by atoms with van der Waals surface area (Å²) in [5.74, 6) is 0.298. The summed E-state index contributed by atoms with van der Waals surface area (Å²) in [6.45, 7) is -0.312. The van der Waals surface area contributed by atoms with Gasteiger partial charge in [-0.25, -0.2) is 4.39 Å². The smallest absolute Gasteiger partial charge is 0.244 e. The molecule has 0 spiro atoms. The number of hydrogen-bond acceptors (Lipinski definition) is 3. The van der Waals surface area contributed by atoms with Gasteiger partial charge in [0, 0.05) is 18.8 Å². The number of carbonyl (C=O) groups is 1. The molecule has 0 aliphatic heterocycles. The Morgan fingerprint density at radius 1 is 1.62 bits per heavy atom. The van der Waals surface area contributed by atoms with E-state index in [-0.39, 0.29) is 5.91 Å². The predicted octanol–water partition coefficient (Wildman–Crippen LogP) is 1.23. The van der Waals surface area contributed by atoms with Gasteiger partial charge >= 0.3 is 0 Å². The van der Waals surface area contributed by atoms with Crippen molar-refractivity contribution in [1.82, 2.24) is 10.3 Å². The minimum absolute atomic E-state index is 0.333. The molecule has 86 valence electrons. The molecule has 0 atom stereocenters. The first-order valence-electron chi connectivity index (χ1n) is 4.74. The number of alkyl halides is 1. The second kappa shape index (κ2) is 6.55. The van der Waals surface area contributed by atoms with E-state index >= 15 is 0 Å². The van der Waals surface area contributed by atoms with Crippen LogP contribution in [0.4, 0.5) is 4.39 Å². The Balaban J connectivity index is 2.47. The number of aromatic nitrogens is 1. The Labute approximate surface area is 93.1 Å². The highest BCUT2D eigenvalue weighted by Crippen LogP contribution is 2.09. The van der Waals surface area contributed by atoms with Crippen LogP contribution < -0.4 is 10.1 Å². The van der Waals surface area contributed by atoms with Gasteiger partial charge in [0.2, 0.25) is 5.91 Å². The van der Waals surface area contributed by atoms with Gasteiger partial charge in [-0.1, -0.05) is 0 Å². The normalized spacial score (nSPS) is 10.4. The number of rotatable bonds is 5. The van der Waals surface area contributed by atoms with Crippen molar-refractivity contribution in [2.24, 2.45) is 0 Å². The zero-order chi connectivity index (χ0) is 11.8. The van der Waals surface area contributed by atoms with Gasteiger partial charge in [-0.2, -0.15) is 0 Å². The lowest BCUT2D eigenvalue weighted by atomic mass is 10.3. The Bertz CT molecular complexity index is 380. The van der Waals surface area contributed by atoms with Crippen LogP contribution in [0.1, 0.15) is 5.56 Å². The average molecular weight is 224 g/mol. The fourth-order valence-corrected chi connectivity index (χ4v) is 1.07. The fraction of sp³-hybridized carbons (Fsp3) is 0.273. The number of hydrogen-bond donors (Lipinski definition) is 1. The Kier molecular flexibility index (Phi) is 4.98. The molecule has 4 nitrogen and oxygen atoms in total. The quantitative estimate of drug-likeness (QED) is 0.765. The number of methoxy groups -OCH3 is 1. The molecule has 5 heteroatoms. The van der Waals surface area contributed by atoms with Crippen LogP contribution in [0, 0.1) is 0 Å². The lowest BCUT2D eigenvalue weighted by Crippen LogP contribution is -2.20. The van der Waals surface area contributed by atoms with E-state index in [9.17, 15) is 9.18 Å². The van der Waals surface area contributed by atoms with E-state index in [2.05, 4.69) is 10.3 Å². The molecule has 1 N–H and O–H groups in total. The van der Waals surface area contributed by atoms with Crippen molar-refractivity contribution >= 4 is 5.91 Å². The maximum Gasteiger partial charge on any atom is 0.244 e. The van der Waals surface area contributed by atoms with Gasteiger partial charge in [0.1, 0.15) is 12.4 Å². The number of nitrogens with one attached hydrogen (secondary N) is 1. The standard InChI is InChI=1S/C11H13FN2O2/c1-16-10-5-9(6-13-8-10)7-14-11(15)3-2-4-12/h2-3,5-6,8H,4,7H2,1H3,(H,14,15)/b3-2+. The van der Waals surface area contributed by atoms with E-state index in [1.54, 1.807) is 25.6 Å². The maximum atomic E-state index is 11.7. The van der Waals surface area contributed by atoms with Crippen molar-refractivity contribution in [3.8, 4) is 5.75 Å². The summed E-state index contributed by atoms with van der Waals surface area (Å²) in [6.07, 6.45) is 5.52. The third-order valence-corrected chi connectivity index (χ3v) is 1.83. The zero-order valence-electron chi connectivity index (χ0n) is 8.94. The average Bonchev–Trinajstić information content (AvgIpc) is 2.34. The van der Waals surface area contributed by atoms with Crippen LogP contribution in [0.25, 0.3) is 0 Å². The minimum Gasteiger partial charge on any atom is -0.495 e. The largest absolute Gasteiger partial charge is 0.495 e. The molecule has 0 unspecified atom stereocenters. The van der Waals surface area contributed by atoms with Crippen LogP contribution in [-0.4, -0.2) is 24.7 Å². The molecule has 0 aromatic carbocycles. The van der Waals surface area contributed by atoms with E-state index in [1.165, 1.54) is 0 Å². The van der Waals surface area contributed by atoms with Crippen molar-refractivity contribution in [2.75, 3.05) is 13.8 Å². The molecule has 0 fully saturated rings. The van der Waals surface area contributed by atoms with Crippen molar-refractivity contribution < 1.29 is 13.9 Å². The summed E-state index contributed by atoms with van der Waals surface area (Å²) in [6, 6.07) is 1.77. The number of allylic oxidation sites excluding steroid dienone is 1. The summed E-state index contributed by atoms with van der Waals surface area (Å²) in [5.41, 5.74) is 0.821. The van der Waals surface area contributed by atoms with Gasteiger partial charge in [0.25, 0.3) is 0 Å². The lowest BCUT2D eigenvalue weighted by molar-refractivity contribution is -0.116. The maximum absolute atomic E-state index is 11.7. The molecule has 0 saturated heterocycles. The number of amides is 1. The van der Waals surface area contributed by atoms with Crippen LogP contribution in [-0.2, 0) is 11.3 Å². The van der Waals surface area contributed by atoms with Crippen LogP contribution in [0.5, 0.6) is 5.75 Å². The first-order chi connectivity index (χ1) is 7.76. The van der Waals surface area contributed by atoms with E-state index in [0.717, 1.165) is 17.7 Å². The Morgan fingerprint density at radius 3 is 3.12 bits per heavy atom. The Hall–Kier alpha value is -1.91. The van der Waals surface area contributed by atoms with Crippen LogP contribution in [0.3, 0.4) is 0 Å². The molecule has 0 bridgehead atoms. The first kappa shape index (κ1) is 12.2. The van der Waals surface area contributed by atoms with Gasteiger partial charge in [0.15, 0.2) is 0 Å². The highest BCUT2D eigenvalue weighted by molar-refractivity contribution is 5.87. The number of nitrogens with zero attached hydrogens (tertiary/aromatic N) is 1. The number of halogens is 1. The molecule has 1 rings (SSSR count). The summed E-state index contributed by atoms with van der Waals surface area (Å²) >= 11 is 0. The number of pyridine rings is 1. The summed E-state index contributed by atoms with van der Waals surface area (Å²) in [5, 5.41) is 2.60. The third kappa shape index (κ3) is 4.08. The van der Waals surface area contributed by atoms with Gasteiger partial charge in [-0.05, 0) is 17.7 Å². The molecule has 1 amide bonds. The lowest BCUT2D eigenvalue weighted by Gasteiger charge is -2.04. The number of ether oxygens (including phenoxy) is 1. The summed E-state index contributed by atoms with van der Waals surface area (Å²) in [7, 11) is 1.55. The predicted molar refractivity (Wildman–Crippen MR) is 57.8 cm³/mol. The topological polar surface area (TPSA) is 51.2 Å². The summed E-state index contributed by atoms with van der Waals surface area (Å²) in [4.78, 5) is 15.1. The highest BCUT2D eigenvalue weighted by atomic mass is 19.1. The molecule has 1 heterocycles. The van der Waals surface area contributed by atoms with Gasteiger partial charge < -0.3 is 10.1 Å². The zero-order valence-corrected chi connectivity index (χ0v) is 8.94. The van der Waals surface area contributed by atoms with E-state index in [1.807, 2.05) is 0 Å². The van der Waals surface area contributed by atoms with Crippen molar-refractivity contribution in [2.45, 2.75) is 6.54 Å². The second-order valence-corrected chi connectivity index (χ2v) is 3.01. The molecule has 0 aliphatic rings. The first-order valence-corrected chi connectivity index (χ1v) is 4.74. The van der Waals surface area contributed by atoms with E-state index < -0.39 is 6.67 Å². The van der Waals surface area contributed by atoms with Gasteiger partial charge in [-0.3, -0.25) is 9.78 Å². The van der Waals surface area contributed by atoms with E-state index in [4.69, 9.17) is 4.74 Å². The minimum atomic E-state index is -0.645. The monoisotopic (exact) mass is 224 g/mol. The molecule has 0 aliphatic carbocycles. The molecular formula is C11H13FN2O2. The highest BCUT2D eigenvalue weighted by Gasteiger charge is 1.98.